The van der Waals surface area contributed by atoms with E-state index in [1.54, 1.807) is 13.0 Å². The lowest BCUT2D eigenvalue weighted by Gasteiger charge is -2.17. The Bertz CT molecular complexity index is 456. The van der Waals surface area contributed by atoms with E-state index in [1.807, 2.05) is 0 Å². The number of rotatable bonds is 7. The Labute approximate surface area is 130 Å². The summed E-state index contributed by atoms with van der Waals surface area (Å²) in [6, 6.07) is 4.29. The molecule has 1 rings (SSSR count). The van der Waals surface area contributed by atoms with E-state index in [-0.39, 0.29) is 49.2 Å². The van der Waals surface area contributed by atoms with E-state index in [4.69, 9.17) is 15.2 Å². The molecular formula is C14H22ClFN2O3. The van der Waals surface area contributed by atoms with Crippen LogP contribution in [0.5, 0.6) is 5.75 Å². The van der Waals surface area contributed by atoms with Crippen molar-refractivity contribution < 1.29 is 18.7 Å². The van der Waals surface area contributed by atoms with Crippen LogP contribution in [0.2, 0.25) is 0 Å². The molecule has 0 aliphatic rings. The van der Waals surface area contributed by atoms with Crippen LogP contribution in [0.4, 0.5) is 4.39 Å². The topological polar surface area (TPSA) is 73.6 Å². The molecule has 0 radical (unpaired) electrons. The van der Waals surface area contributed by atoms with Crippen LogP contribution in [0.1, 0.15) is 24.9 Å². The normalized spacial score (nSPS) is 13.0. The van der Waals surface area contributed by atoms with Gasteiger partial charge in [0.2, 0.25) is 5.91 Å². The minimum atomic E-state index is -0.456. The molecule has 1 aromatic rings. The number of hydrogen-bond acceptors (Lipinski definition) is 4. The van der Waals surface area contributed by atoms with Gasteiger partial charge >= 0.3 is 0 Å². The van der Waals surface area contributed by atoms with Crippen LogP contribution in [-0.2, 0) is 9.53 Å². The largest absolute Gasteiger partial charge is 0.494 e. The van der Waals surface area contributed by atoms with Crippen molar-refractivity contribution in [2.45, 2.75) is 25.5 Å². The predicted octanol–water partition coefficient (Wildman–Crippen LogP) is 1.80. The number of hydrogen-bond donors (Lipinski definition) is 2. The lowest BCUT2D eigenvalue weighted by atomic mass is 10.1. The van der Waals surface area contributed by atoms with Gasteiger partial charge in [-0.25, -0.2) is 4.39 Å². The van der Waals surface area contributed by atoms with E-state index in [0.29, 0.717) is 5.56 Å². The van der Waals surface area contributed by atoms with E-state index >= 15 is 0 Å². The average Bonchev–Trinajstić information content (AvgIpc) is 2.44. The van der Waals surface area contributed by atoms with E-state index in [0.717, 1.165) is 0 Å². The predicted molar refractivity (Wildman–Crippen MR) is 81.2 cm³/mol. The molecule has 0 aliphatic carbocycles. The van der Waals surface area contributed by atoms with Gasteiger partial charge in [-0.05, 0) is 24.6 Å². The van der Waals surface area contributed by atoms with Gasteiger partial charge < -0.3 is 20.5 Å². The lowest BCUT2D eigenvalue weighted by molar-refractivity contribution is -0.124. The number of benzene rings is 1. The highest BCUT2D eigenvalue weighted by atomic mass is 35.5. The second kappa shape index (κ2) is 9.55. The number of nitrogens with two attached hydrogens (primary N) is 1. The SMILES string of the molecule is COc1ccc(C(C)NC(=O)CC(CN)OC)cc1F.Cl. The maximum Gasteiger partial charge on any atom is 0.223 e. The van der Waals surface area contributed by atoms with Crippen molar-refractivity contribution in [2.75, 3.05) is 20.8 Å². The Balaban J connectivity index is 0.00000400. The van der Waals surface area contributed by atoms with Crippen LogP contribution in [0, 0.1) is 5.82 Å². The van der Waals surface area contributed by atoms with Gasteiger partial charge in [0.05, 0.1) is 25.7 Å². The molecule has 0 saturated carbocycles. The Morgan fingerprint density at radius 1 is 1.43 bits per heavy atom. The number of halogens is 2. The van der Waals surface area contributed by atoms with E-state index in [9.17, 15) is 9.18 Å². The third-order valence-electron chi connectivity index (χ3n) is 3.06. The standard InChI is InChI=1S/C14H21FN2O3.ClH/c1-9(17-14(18)7-11(8-16)19-2)10-4-5-13(20-3)12(15)6-10;/h4-6,9,11H,7-8,16H2,1-3H3,(H,17,18);1H. The summed E-state index contributed by atoms with van der Waals surface area (Å²) in [6.07, 6.45) is -0.134. The molecule has 0 spiro atoms. The first kappa shape index (κ1) is 19.6. The van der Waals surface area contributed by atoms with Gasteiger partial charge in [-0.3, -0.25) is 4.79 Å². The molecule has 3 N–H and O–H groups in total. The second-order valence-corrected chi connectivity index (χ2v) is 4.48. The quantitative estimate of drug-likeness (QED) is 0.803. The van der Waals surface area contributed by atoms with Gasteiger partial charge in [0, 0.05) is 13.7 Å². The van der Waals surface area contributed by atoms with E-state index in [2.05, 4.69) is 5.32 Å². The molecule has 0 heterocycles. The zero-order valence-corrected chi connectivity index (χ0v) is 13.2. The third kappa shape index (κ3) is 5.87. The molecule has 5 nitrogen and oxygen atoms in total. The first-order valence-electron chi connectivity index (χ1n) is 6.37. The zero-order valence-electron chi connectivity index (χ0n) is 12.4. The Kier molecular flexibility index (Phi) is 8.92. The molecular weight excluding hydrogens is 299 g/mol. The minimum absolute atomic E-state index is 0. The van der Waals surface area contributed by atoms with Crippen LogP contribution in [-0.4, -0.2) is 32.8 Å². The first-order valence-corrected chi connectivity index (χ1v) is 6.37. The van der Waals surface area contributed by atoms with Crippen molar-refractivity contribution in [3.05, 3.63) is 29.6 Å². The zero-order chi connectivity index (χ0) is 15.1. The highest BCUT2D eigenvalue weighted by Crippen LogP contribution is 2.21. The molecule has 1 amide bonds. The molecule has 2 atom stereocenters. The molecule has 21 heavy (non-hydrogen) atoms. The van der Waals surface area contributed by atoms with Crippen molar-refractivity contribution in [1.82, 2.24) is 5.32 Å². The van der Waals surface area contributed by atoms with Gasteiger partial charge in [-0.2, -0.15) is 0 Å². The third-order valence-corrected chi connectivity index (χ3v) is 3.06. The molecule has 2 unspecified atom stereocenters. The molecule has 120 valence electrons. The van der Waals surface area contributed by atoms with E-state index in [1.165, 1.54) is 26.4 Å². The lowest BCUT2D eigenvalue weighted by Crippen LogP contribution is -2.33. The molecule has 0 fully saturated rings. The van der Waals surface area contributed by atoms with Gasteiger partial charge in [-0.15, -0.1) is 12.4 Å². The number of nitrogens with one attached hydrogen (secondary N) is 1. The molecule has 1 aromatic carbocycles. The summed E-state index contributed by atoms with van der Waals surface area (Å²) in [7, 11) is 2.91. The van der Waals surface area contributed by atoms with Gasteiger partial charge in [-0.1, -0.05) is 6.07 Å². The fourth-order valence-electron chi connectivity index (χ4n) is 1.81. The van der Waals surface area contributed by atoms with Gasteiger partial charge in [0.25, 0.3) is 0 Å². The number of amides is 1. The maximum atomic E-state index is 13.6. The monoisotopic (exact) mass is 320 g/mol. The first-order chi connectivity index (χ1) is 9.51. The minimum Gasteiger partial charge on any atom is -0.494 e. The Morgan fingerprint density at radius 3 is 2.57 bits per heavy atom. The summed E-state index contributed by atoms with van der Waals surface area (Å²) in [6.45, 7) is 2.05. The second-order valence-electron chi connectivity index (χ2n) is 4.48. The Hall–Kier alpha value is -1.37. The molecule has 0 bridgehead atoms. The number of carbonyl (C=O) groups is 1. The van der Waals surface area contributed by atoms with Gasteiger partial charge in [0.1, 0.15) is 0 Å². The molecule has 0 aliphatic heterocycles. The van der Waals surface area contributed by atoms with Crippen molar-refractivity contribution in [3.8, 4) is 5.75 Å². The molecule has 7 heteroatoms. The molecule has 0 aromatic heterocycles. The number of ether oxygens (including phenoxy) is 2. The maximum absolute atomic E-state index is 13.6. The van der Waals surface area contributed by atoms with Crippen LogP contribution in [0.3, 0.4) is 0 Å². The van der Waals surface area contributed by atoms with Crippen molar-refractivity contribution in [2.24, 2.45) is 5.73 Å². The average molecular weight is 321 g/mol. The highest BCUT2D eigenvalue weighted by Gasteiger charge is 2.15. The summed E-state index contributed by atoms with van der Waals surface area (Å²) >= 11 is 0. The number of methoxy groups -OCH3 is 2. The summed E-state index contributed by atoms with van der Waals surface area (Å²) in [5, 5.41) is 2.78. The van der Waals surface area contributed by atoms with Crippen LogP contribution >= 0.6 is 12.4 Å². The van der Waals surface area contributed by atoms with Gasteiger partial charge in [0.15, 0.2) is 11.6 Å². The highest BCUT2D eigenvalue weighted by molar-refractivity contribution is 5.85. The fourth-order valence-corrected chi connectivity index (χ4v) is 1.81. The Morgan fingerprint density at radius 2 is 2.10 bits per heavy atom. The van der Waals surface area contributed by atoms with Crippen LogP contribution in [0.25, 0.3) is 0 Å². The van der Waals surface area contributed by atoms with E-state index < -0.39 is 5.82 Å². The summed E-state index contributed by atoms with van der Waals surface area (Å²) < 4.78 is 23.5. The van der Waals surface area contributed by atoms with Crippen molar-refractivity contribution in [3.63, 3.8) is 0 Å². The summed E-state index contributed by atoms with van der Waals surface area (Å²) in [5.74, 6) is -0.469. The van der Waals surface area contributed by atoms with Crippen molar-refractivity contribution in [1.29, 1.82) is 0 Å². The fraction of sp³-hybridized carbons (Fsp3) is 0.500. The smallest absolute Gasteiger partial charge is 0.223 e. The molecule has 0 saturated heterocycles. The van der Waals surface area contributed by atoms with Crippen LogP contribution < -0.4 is 15.8 Å². The van der Waals surface area contributed by atoms with Crippen molar-refractivity contribution >= 4 is 18.3 Å². The summed E-state index contributed by atoms with van der Waals surface area (Å²) in [5.41, 5.74) is 6.12. The van der Waals surface area contributed by atoms with Crippen LogP contribution in [0.15, 0.2) is 18.2 Å². The number of carbonyl (C=O) groups excluding carboxylic acids is 1. The summed E-state index contributed by atoms with van der Waals surface area (Å²) in [4.78, 5) is 11.8.